The van der Waals surface area contributed by atoms with Crippen LogP contribution in [0, 0.1) is 0 Å². The number of ether oxygens (including phenoxy) is 2. The lowest BCUT2D eigenvalue weighted by molar-refractivity contribution is 0.0702. The first kappa shape index (κ1) is 21.9. The van der Waals surface area contributed by atoms with Crippen LogP contribution in [0.2, 0.25) is 0 Å². The van der Waals surface area contributed by atoms with Gasteiger partial charge < -0.3 is 18.9 Å². The molecule has 0 N–H and O–H groups in total. The summed E-state index contributed by atoms with van der Waals surface area (Å²) in [5.74, 6) is 2.32. The smallest absolute Gasteiger partial charge is 0.254 e. The molecule has 2 aromatic carbocycles. The Labute approximate surface area is 189 Å². The first-order valence-electron chi connectivity index (χ1n) is 11.1. The van der Waals surface area contributed by atoms with Crippen molar-refractivity contribution < 1.29 is 14.3 Å². The number of hydrogen-bond donors (Lipinski definition) is 0. The largest absolute Gasteiger partial charge is 0.493 e. The minimum Gasteiger partial charge on any atom is -0.493 e. The van der Waals surface area contributed by atoms with Crippen LogP contribution in [-0.2, 0) is 6.61 Å². The number of carbonyl (C=O) groups is 1. The Morgan fingerprint density at radius 2 is 1.97 bits per heavy atom. The molecule has 1 atom stereocenters. The average molecular weight is 435 g/mol. The third-order valence-corrected chi connectivity index (χ3v) is 5.88. The van der Waals surface area contributed by atoms with Gasteiger partial charge in [0.1, 0.15) is 18.8 Å². The zero-order valence-corrected chi connectivity index (χ0v) is 18.9. The van der Waals surface area contributed by atoms with E-state index in [1.54, 1.807) is 19.5 Å². The summed E-state index contributed by atoms with van der Waals surface area (Å²) in [6.07, 6.45) is 3.72. The van der Waals surface area contributed by atoms with E-state index < -0.39 is 0 Å². The van der Waals surface area contributed by atoms with Crippen LogP contribution >= 0.6 is 0 Å². The molecule has 0 aliphatic carbocycles. The van der Waals surface area contributed by atoms with E-state index in [0.717, 1.165) is 30.8 Å². The molecule has 1 saturated heterocycles. The van der Waals surface area contributed by atoms with Crippen LogP contribution in [-0.4, -0.2) is 45.8 Å². The van der Waals surface area contributed by atoms with Crippen LogP contribution in [0.3, 0.4) is 0 Å². The summed E-state index contributed by atoms with van der Waals surface area (Å²) in [4.78, 5) is 15.2. The minimum absolute atomic E-state index is 0.00165. The van der Waals surface area contributed by atoms with Gasteiger partial charge in [-0.2, -0.15) is 0 Å². The van der Waals surface area contributed by atoms with E-state index in [4.69, 9.17) is 9.47 Å². The molecule has 7 nitrogen and oxygen atoms in total. The van der Waals surface area contributed by atoms with Crippen molar-refractivity contribution in [3.8, 4) is 11.5 Å². The molecule has 1 aromatic heterocycles. The molecule has 7 heteroatoms. The van der Waals surface area contributed by atoms with E-state index in [1.807, 2.05) is 47.4 Å². The highest BCUT2D eigenvalue weighted by atomic mass is 16.5. The number of rotatable bonds is 7. The first-order valence-corrected chi connectivity index (χ1v) is 11.1. The van der Waals surface area contributed by atoms with Gasteiger partial charge in [0.2, 0.25) is 0 Å². The number of benzene rings is 2. The second-order valence-corrected chi connectivity index (χ2v) is 8.42. The Morgan fingerprint density at radius 3 is 2.72 bits per heavy atom. The van der Waals surface area contributed by atoms with Gasteiger partial charge in [-0.3, -0.25) is 4.79 Å². The number of hydrogen-bond acceptors (Lipinski definition) is 5. The monoisotopic (exact) mass is 434 g/mol. The maximum absolute atomic E-state index is 13.3. The average Bonchev–Trinajstić information content (AvgIpc) is 3.33. The van der Waals surface area contributed by atoms with Crippen molar-refractivity contribution >= 4 is 5.91 Å². The molecule has 1 amide bonds. The highest BCUT2D eigenvalue weighted by molar-refractivity contribution is 5.95. The van der Waals surface area contributed by atoms with Gasteiger partial charge in [-0.15, -0.1) is 10.2 Å². The Hall–Kier alpha value is -3.35. The summed E-state index contributed by atoms with van der Waals surface area (Å²) >= 11 is 0. The topological polar surface area (TPSA) is 69.5 Å². The fraction of sp³-hybridized carbons (Fsp3) is 0.400. The number of carbonyl (C=O) groups excluding carboxylic acids is 1. The molecule has 1 aliphatic heterocycles. The van der Waals surface area contributed by atoms with Crippen molar-refractivity contribution in [2.75, 3.05) is 20.2 Å². The normalized spacial score (nSPS) is 16.2. The van der Waals surface area contributed by atoms with E-state index in [-0.39, 0.29) is 11.8 Å². The molecule has 0 bridgehead atoms. The first-order chi connectivity index (χ1) is 15.6. The van der Waals surface area contributed by atoms with Crippen LogP contribution in [0.5, 0.6) is 11.5 Å². The number of amides is 1. The quantitative estimate of drug-likeness (QED) is 0.549. The molecule has 1 fully saturated rings. The number of piperidine rings is 1. The van der Waals surface area contributed by atoms with Crippen LogP contribution in [0.4, 0.5) is 0 Å². The standard InChI is InChI=1S/C25H30N4O3/c1-18(2)29-17-26-27-24(29)21-10-7-13-28(15-21)25(30)20-11-12-22(23(14-20)31-3)32-16-19-8-5-4-6-9-19/h4-6,8-9,11-12,14,17-18,21H,7,10,13,15-16H2,1-3H3. The van der Waals surface area contributed by atoms with E-state index in [1.165, 1.54) is 0 Å². The predicted molar refractivity (Wildman–Crippen MR) is 122 cm³/mol. The Bertz CT molecular complexity index is 1050. The van der Waals surface area contributed by atoms with Crippen LogP contribution in [0.1, 0.15) is 60.4 Å². The summed E-state index contributed by atoms with van der Waals surface area (Å²) in [5.41, 5.74) is 1.67. The predicted octanol–water partition coefficient (Wildman–Crippen LogP) is 4.47. The summed E-state index contributed by atoms with van der Waals surface area (Å²) in [6.45, 7) is 6.05. The van der Waals surface area contributed by atoms with Gasteiger partial charge in [0, 0.05) is 30.6 Å². The third kappa shape index (κ3) is 4.77. The van der Waals surface area contributed by atoms with Crippen molar-refractivity contribution in [1.82, 2.24) is 19.7 Å². The molecule has 1 unspecified atom stereocenters. The number of nitrogens with zero attached hydrogens (tertiary/aromatic N) is 4. The Kier molecular flexibility index (Phi) is 6.73. The van der Waals surface area contributed by atoms with Crippen LogP contribution in [0.15, 0.2) is 54.9 Å². The molecule has 3 aromatic rings. The van der Waals surface area contributed by atoms with Gasteiger partial charge in [-0.05, 0) is 50.5 Å². The summed E-state index contributed by atoms with van der Waals surface area (Å²) in [7, 11) is 1.59. The van der Waals surface area contributed by atoms with Crippen molar-refractivity contribution in [2.45, 2.75) is 45.3 Å². The van der Waals surface area contributed by atoms with E-state index in [2.05, 4.69) is 28.6 Å². The number of likely N-dealkylation sites (tertiary alicyclic amines) is 1. The molecular weight excluding hydrogens is 404 g/mol. The number of methoxy groups -OCH3 is 1. The van der Waals surface area contributed by atoms with E-state index in [9.17, 15) is 4.79 Å². The van der Waals surface area contributed by atoms with Crippen LogP contribution in [0.25, 0.3) is 0 Å². The Balaban J connectivity index is 1.47. The van der Waals surface area contributed by atoms with Gasteiger partial charge in [-0.1, -0.05) is 30.3 Å². The van der Waals surface area contributed by atoms with Crippen molar-refractivity contribution in [1.29, 1.82) is 0 Å². The van der Waals surface area contributed by atoms with Crippen molar-refractivity contribution in [3.63, 3.8) is 0 Å². The van der Waals surface area contributed by atoms with E-state index >= 15 is 0 Å². The van der Waals surface area contributed by atoms with E-state index in [0.29, 0.717) is 36.3 Å². The minimum atomic E-state index is -0.00165. The molecule has 168 valence electrons. The zero-order chi connectivity index (χ0) is 22.5. The molecular formula is C25H30N4O3. The molecule has 32 heavy (non-hydrogen) atoms. The van der Waals surface area contributed by atoms with Gasteiger partial charge >= 0.3 is 0 Å². The second kappa shape index (κ2) is 9.85. The maximum Gasteiger partial charge on any atom is 0.254 e. The lowest BCUT2D eigenvalue weighted by Crippen LogP contribution is -2.39. The summed E-state index contributed by atoms with van der Waals surface area (Å²) in [6, 6.07) is 15.6. The summed E-state index contributed by atoms with van der Waals surface area (Å²) < 4.78 is 13.5. The fourth-order valence-electron chi connectivity index (χ4n) is 4.15. The second-order valence-electron chi connectivity index (χ2n) is 8.42. The highest BCUT2D eigenvalue weighted by Crippen LogP contribution is 2.31. The van der Waals surface area contributed by atoms with Gasteiger partial charge in [0.25, 0.3) is 5.91 Å². The molecule has 0 spiro atoms. The lowest BCUT2D eigenvalue weighted by atomic mass is 9.96. The zero-order valence-electron chi connectivity index (χ0n) is 18.9. The van der Waals surface area contributed by atoms with Crippen molar-refractivity contribution in [2.24, 2.45) is 0 Å². The molecule has 0 saturated carbocycles. The fourth-order valence-corrected chi connectivity index (χ4v) is 4.15. The number of aromatic nitrogens is 3. The maximum atomic E-state index is 13.3. The molecule has 4 rings (SSSR count). The third-order valence-electron chi connectivity index (χ3n) is 5.88. The van der Waals surface area contributed by atoms with Gasteiger partial charge in [0.05, 0.1) is 7.11 Å². The molecule has 2 heterocycles. The molecule has 1 aliphatic rings. The van der Waals surface area contributed by atoms with Crippen molar-refractivity contribution in [3.05, 3.63) is 71.8 Å². The van der Waals surface area contributed by atoms with Gasteiger partial charge in [0.15, 0.2) is 11.5 Å². The Morgan fingerprint density at radius 1 is 1.16 bits per heavy atom. The highest BCUT2D eigenvalue weighted by Gasteiger charge is 2.29. The van der Waals surface area contributed by atoms with Crippen LogP contribution < -0.4 is 9.47 Å². The SMILES string of the molecule is COc1cc(C(=O)N2CCCC(c3nncn3C(C)C)C2)ccc1OCc1ccccc1. The summed E-state index contributed by atoms with van der Waals surface area (Å²) in [5, 5.41) is 8.45. The molecule has 0 radical (unpaired) electrons. The lowest BCUT2D eigenvalue weighted by Gasteiger charge is -2.33. The van der Waals surface area contributed by atoms with Gasteiger partial charge in [-0.25, -0.2) is 0 Å².